The molecule has 1 atom stereocenters. The average Bonchev–Trinajstić information content (AvgIpc) is 2.76. The summed E-state index contributed by atoms with van der Waals surface area (Å²) in [5.74, 6) is -0.139. The van der Waals surface area contributed by atoms with Gasteiger partial charge in [0.2, 0.25) is 15.9 Å². The van der Waals surface area contributed by atoms with Crippen molar-refractivity contribution in [1.29, 1.82) is 0 Å². The summed E-state index contributed by atoms with van der Waals surface area (Å²) in [7, 11) is -3.68. The monoisotopic (exact) mass is 374 g/mol. The molecule has 0 saturated carbocycles. The van der Waals surface area contributed by atoms with Crippen molar-refractivity contribution in [2.75, 3.05) is 18.4 Å². The minimum Gasteiger partial charge on any atom is -0.392 e. The number of halogens is 1. The van der Waals surface area contributed by atoms with Crippen LogP contribution >= 0.6 is 15.9 Å². The minimum atomic E-state index is -3.68. The second-order valence-electron chi connectivity index (χ2n) is 5.32. The number of fused-ring (bicyclic) bond motifs is 1. The lowest BCUT2D eigenvalue weighted by Gasteiger charge is -2.29. The lowest BCUT2D eigenvalue weighted by atomic mass is 10.1. The average molecular weight is 375 g/mol. The van der Waals surface area contributed by atoms with Gasteiger partial charge in [0.15, 0.2) is 0 Å². The number of carbonyl (C=O) groups is 1. The standard InChI is InChI=1S/C13H15BrN2O4S/c14-10-6-11-8(5-13(18)15-11)4-12(10)21(19,20)16-3-1-2-9(17)7-16/h4,6,9,17H,1-3,5,7H2,(H,15,18). The zero-order valence-corrected chi connectivity index (χ0v) is 13.6. The van der Waals surface area contributed by atoms with Crippen LogP contribution in [0.4, 0.5) is 5.69 Å². The Morgan fingerprint density at radius 2 is 2.14 bits per heavy atom. The van der Waals surface area contributed by atoms with E-state index in [9.17, 15) is 18.3 Å². The Hall–Kier alpha value is -0.960. The van der Waals surface area contributed by atoms with Gasteiger partial charge in [0.05, 0.1) is 17.4 Å². The first-order chi connectivity index (χ1) is 9.88. The van der Waals surface area contributed by atoms with E-state index in [2.05, 4.69) is 21.2 Å². The van der Waals surface area contributed by atoms with Gasteiger partial charge in [-0.05, 0) is 46.5 Å². The molecule has 2 N–H and O–H groups in total. The Labute approximate surface area is 131 Å². The van der Waals surface area contributed by atoms with E-state index in [-0.39, 0.29) is 23.8 Å². The highest BCUT2D eigenvalue weighted by Gasteiger charge is 2.32. The summed E-state index contributed by atoms with van der Waals surface area (Å²) in [4.78, 5) is 11.5. The number of hydrogen-bond acceptors (Lipinski definition) is 4. The molecule has 6 nitrogen and oxygen atoms in total. The Balaban J connectivity index is 2.00. The van der Waals surface area contributed by atoms with Crippen LogP contribution in [-0.2, 0) is 21.2 Å². The maximum atomic E-state index is 12.7. The molecule has 1 fully saturated rings. The molecular formula is C13H15BrN2O4S. The van der Waals surface area contributed by atoms with Gasteiger partial charge in [0.25, 0.3) is 0 Å². The predicted octanol–water partition coefficient (Wildman–Crippen LogP) is 1.09. The number of rotatable bonds is 2. The SMILES string of the molecule is O=C1Cc2cc(S(=O)(=O)N3CCCC(O)C3)c(Br)cc2N1. The van der Waals surface area contributed by atoms with Crippen LogP contribution in [0.1, 0.15) is 18.4 Å². The third-order valence-electron chi connectivity index (χ3n) is 3.76. The normalized spacial score (nSPS) is 23.0. The van der Waals surface area contributed by atoms with Crippen LogP contribution in [0.5, 0.6) is 0 Å². The second kappa shape index (κ2) is 5.35. The molecule has 1 unspecified atom stereocenters. The number of hydrogen-bond donors (Lipinski definition) is 2. The summed E-state index contributed by atoms with van der Waals surface area (Å²) in [5.41, 5.74) is 1.32. The number of amides is 1. The maximum absolute atomic E-state index is 12.7. The fraction of sp³-hybridized carbons (Fsp3) is 0.462. The van der Waals surface area contributed by atoms with Gasteiger partial charge in [0, 0.05) is 23.2 Å². The van der Waals surface area contributed by atoms with E-state index >= 15 is 0 Å². The van der Waals surface area contributed by atoms with Crippen molar-refractivity contribution >= 4 is 37.5 Å². The van der Waals surface area contributed by atoms with Gasteiger partial charge in [-0.15, -0.1) is 0 Å². The number of aliphatic hydroxyl groups is 1. The quantitative estimate of drug-likeness (QED) is 0.810. The van der Waals surface area contributed by atoms with E-state index in [1.54, 1.807) is 6.07 Å². The van der Waals surface area contributed by atoms with Crippen LogP contribution in [0.25, 0.3) is 0 Å². The van der Waals surface area contributed by atoms with E-state index in [0.29, 0.717) is 35.1 Å². The van der Waals surface area contributed by atoms with Crippen molar-refractivity contribution in [2.24, 2.45) is 0 Å². The number of benzene rings is 1. The van der Waals surface area contributed by atoms with Gasteiger partial charge in [-0.2, -0.15) is 4.31 Å². The summed E-state index contributed by atoms with van der Waals surface area (Å²) < 4.78 is 27.2. The van der Waals surface area contributed by atoms with E-state index in [0.717, 1.165) is 0 Å². The fourth-order valence-electron chi connectivity index (χ4n) is 2.70. The summed E-state index contributed by atoms with van der Waals surface area (Å²) >= 11 is 3.27. The van der Waals surface area contributed by atoms with Crippen molar-refractivity contribution in [3.8, 4) is 0 Å². The smallest absolute Gasteiger partial charge is 0.244 e. The molecule has 8 heteroatoms. The van der Waals surface area contributed by atoms with Gasteiger partial charge < -0.3 is 10.4 Å². The molecule has 1 saturated heterocycles. The molecule has 2 aliphatic rings. The minimum absolute atomic E-state index is 0.114. The van der Waals surface area contributed by atoms with Crippen molar-refractivity contribution in [3.63, 3.8) is 0 Å². The summed E-state index contributed by atoms with van der Waals surface area (Å²) in [5, 5.41) is 12.4. The summed E-state index contributed by atoms with van der Waals surface area (Å²) in [6.45, 7) is 0.517. The van der Waals surface area contributed by atoms with E-state index in [4.69, 9.17) is 0 Å². The van der Waals surface area contributed by atoms with Crippen LogP contribution in [0.15, 0.2) is 21.5 Å². The van der Waals surface area contributed by atoms with Crippen LogP contribution < -0.4 is 5.32 Å². The Morgan fingerprint density at radius 3 is 2.86 bits per heavy atom. The van der Waals surface area contributed by atoms with Gasteiger partial charge in [-0.3, -0.25) is 4.79 Å². The van der Waals surface area contributed by atoms with Gasteiger partial charge in [0.1, 0.15) is 0 Å². The molecule has 0 aromatic heterocycles. The number of carbonyl (C=O) groups excluding carboxylic acids is 1. The van der Waals surface area contributed by atoms with Crippen LogP contribution in [-0.4, -0.2) is 42.9 Å². The van der Waals surface area contributed by atoms with Gasteiger partial charge in [-0.25, -0.2) is 8.42 Å². The largest absolute Gasteiger partial charge is 0.392 e. The van der Waals surface area contributed by atoms with Crippen molar-refractivity contribution < 1.29 is 18.3 Å². The molecule has 1 aromatic rings. The molecule has 0 aliphatic carbocycles. The first kappa shape index (κ1) is 15.0. The van der Waals surface area contributed by atoms with Gasteiger partial charge in [-0.1, -0.05) is 0 Å². The highest BCUT2D eigenvalue weighted by Crippen LogP contribution is 2.34. The Kier molecular flexibility index (Phi) is 3.81. The highest BCUT2D eigenvalue weighted by molar-refractivity contribution is 9.10. The number of aliphatic hydroxyl groups excluding tert-OH is 1. The fourth-order valence-corrected chi connectivity index (χ4v) is 5.27. The molecule has 114 valence electrons. The zero-order valence-electron chi connectivity index (χ0n) is 11.2. The maximum Gasteiger partial charge on any atom is 0.244 e. The molecule has 2 aliphatic heterocycles. The van der Waals surface area contributed by atoms with Crippen molar-refractivity contribution in [3.05, 3.63) is 22.2 Å². The third-order valence-corrected chi connectivity index (χ3v) is 6.58. The third kappa shape index (κ3) is 2.73. The molecule has 1 amide bonds. The molecule has 21 heavy (non-hydrogen) atoms. The van der Waals surface area contributed by atoms with Crippen molar-refractivity contribution in [2.45, 2.75) is 30.3 Å². The molecule has 0 radical (unpaired) electrons. The highest BCUT2D eigenvalue weighted by atomic mass is 79.9. The molecule has 1 aromatic carbocycles. The van der Waals surface area contributed by atoms with E-state index in [1.807, 2.05) is 0 Å². The lowest BCUT2D eigenvalue weighted by Crippen LogP contribution is -2.42. The number of β-amino-alcohol motifs (C(OH)–C–C–N with tert-alkyl or cyclic N) is 1. The van der Waals surface area contributed by atoms with E-state index < -0.39 is 16.1 Å². The first-order valence-corrected chi connectivity index (χ1v) is 8.92. The Bertz CT molecular complexity index is 704. The lowest BCUT2D eigenvalue weighted by molar-refractivity contribution is -0.115. The second-order valence-corrected chi connectivity index (χ2v) is 8.08. The zero-order chi connectivity index (χ0) is 15.2. The number of piperidine rings is 1. The van der Waals surface area contributed by atoms with Crippen LogP contribution in [0, 0.1) is 0 Å². The molecular weight excluding hydrogens is 360 g/mol. The molecule has 3 rings (SSSR count). The number of sulfonamides is 1. The van der Waals surface area contributed by atoms with Crippen molar-refractivity contribution in [1.82, 2.24) is 4.31 Å². The summed E-state index contributed by atoms with van der Waals surface area (Å²) in [6, 6.07) is 3.15. The summed E-state index contributed by atoms with van der Waals surface area (Å²) in [6.07, 6.45) is 0.831. The molecule has 0 bridgehead atoms. The topological polar surface area (TPSA) is 86.7 Å². The predicted molar refractivity (Wildman–Crippen MR) is 80.5 cm³/mol. The number of nitrogens with zero attached hydrogens (tertiary/aromatic N) is 1. The van der Waals surface area contributed by atoms with Gasteiger partial charge >= 0.3 is 0 Å². The number of anilines is 1. The van der Waals surface area contributed by atoms with Crippen LogP contribution in [0.3, 0.4) is 0 Å². The Morgan fingerprint density at radius 1 is 1.38 bits per heavy atom. The number of nitrogens with one attached hydrogen (secondary N) is 1. The molecule has 0 spiro atoms. The molecule has 2 heterocycles. The van der Waals surface area contributed by atoms with E-state index in [1.165, 1.54) is 10.4 Å². The van der Waals surface area contributed by atoms with Crippen LogP contribution in [0.2, 0.25) is 0 Å². The first-order valence-electron chi connectivity index (χ1n) is 6.68.